The van der Waals surface area contributed by atoms with Crippen molar-refractivity contribution in [2.75, 3.05) is 38.2 Å². The molecule has 0 unspecified atom stereocenters. The topological polar surface area (TPSA) is 84.7 Å². The molecule has 1 aliphatic rings. The number of ether oxygens (including phenoxy) is 1. The molecule has 0 saturated carbocycles. The maximum Gasteiger partial charge on any atom is 0.256 e. The molecule has 1 fully saturated rings. The second kappa shape index (κ2) is 7.02. The fourth-order valence-corrected chi connectivity index (χ4v) is 2.06. The van der Waals surface area contributed by atoms with Crippen molar-refractivity contribution in [3.05, 3.63) is 29.8 Å². The Kier molecular flexibility index (Phi) is 5.09. The third-order valence-electron chi connectivity index (χ3n) is 3.10. The van der Waals surface area contributed by atoms with E-state index in [1.807, 2.05) is 0 Å². The molecule has 1 heterocycles. The molecule has 1 saturated heterocycles. The Labute approximate surface area is 117 Å². The predicted octanol–water partition coefficient (Wildman–Crippen LogP) is 0.446. The van der Waals surface area contributed by atoms with Crippen LogP contribution in [0.2, 0.25) is 0 Å². The van der Waals surface area contributed by atoms with Crippen molar-refractivity contribution in [2.24, 2.45) is 5.73 Å². The molecule has 2 rings (SSSR count). The molecular weight excluding hydrogens is 258 g/mol. The smallest absolute Gasteiger partial charge is 0.256 e. The van der Waals surface area contributed by atoms with Gasteiger partial charge in [-0.2, -0.15) is 0 Å². The van der Waals surface area contributed by atoms with Crippen molar-refractivity contribution in [2.45, 2.75) is 6.42 Å². The summed E-state index contributed by atoms with van der Waals surface area (Å²) in [6, 6.07) is 7.01. The summed E-state index contributed by atoms with van der Waals surface area (Å²) < 4.78 is 5.23. The number of benzene rings is 1. The molecule has 0 atom stereocenters. The Morgan fingerprint density at radius 2 is 1.95 bits per heavy atom. The largest absolute Gasteiger partial charge is 0.378 e. The maximum absolute atomic E-state index is 12.5. The zero-order valence-corrected chi connectivity index (χ0v) is 11.3. The van der Waals surface area contributed by atoms with Gasteiger partial charge in [0.15, 0.2) is 0 Å². The van der Waals surface area contributed by atoms with Crippen LogP contribution in [-0.2, 0) is 9.53 Å². The molecule has 1 aromatic rings. The number of nitrogens with zero attached hydrogens (tertiary/aromatic N) is 1. The molecule has 6 heteroatoms. The summed E-state index contributed by atoms with van der Waals surface area (Å²) in [4.78, 5) is 25.8. The van der Waals surface area contributed by atoms with Crippen LogP contribution in [0.5, 0.6) is 0 Å². The number of nitrogens with one attached hydrogen (secondary N) is 1. The molecule has 108 valence electrons. The molecule has 0 aromatic heterocycles. The SMILES string of the molecule is NCCC(=O)Nc1ccccc1C(=O)N1CCOCC1. The zero-order valence-electron chi connectivity index (χ0n) is 11.3. The minimum absolute atomic E-state index is 0.0862. The van der Waals surface area contributed by atoms with Crippen LogP contribution in [0.15, 0.2) is 24.3 Å². The van der Waals surface area contributed by atoms with Crippen molar-refractivity contribution in [1.82, 2.24) is 4.90 Å². The summed E-state index contributed by atoms with van der Waals surface area (Å²) in [5, 5.41) is 2.73. The number of hydrogen-bond acceptors (Lipinski definition) is 4. The molecule has 1 aromatic carbocycles. The number of carbonyl (C=O) groups is 2. The van der Waals surface area contributed by atoms with Gasteiger partial charge in [-0.3, -0.25) is 9.59 Å². The highest BCUT2D eigenvalue weighted by atomic mass is 16.5. The van der Waals surface area contributed by atoms with Gasteiger partial charge in [0.25, 0.3) is 5.91 Å². The normalized spacial score (nSPS) is 14.9. The van der Waals surface area contributed by atoms with E-state index in [-0.39, 0.29) is 24.8 Å². The van der Waals surface area contributed by atoms with Gasteiger partial charge in [-0.15, -0.1) is 0 Å². The summed E-state index contributed by atoms with van der Waals surface area (Å²) in [6.45, 7) is 2.53. The van der Waals surface area contributed by atoms with Crippen LogP contribution in [0.4, 0.5) is 5.69 Å². The first-order valence-corrected chi connectivity index (χ1v) is 6.68. The lowest BCUT2D eigenvalue weighted by Gasteiger charge is -2.27. The molecular formula is C14H19N3O3. The van der Waals surface area contributed by atoms with Crippen LogP contribution in [0, 0.1) is 0 Å². The second-order valence-electron chi connectivity index (χ2n) is 4.54. The van der Waals surface area contributed by atoms with E-state index in [2.05, 4.69) is 5.32 Å². The van der Waals surface area contributed by atoms with Gasteiger partial charge in [-0.25, -0.2) is 0 Å². The summed E-state index contributed by atoms with van der Waals surface area (Å²) >= 11 is 0. The van der Waals surface area contributed by atoms with E-state index >= 15 is 0 Å². The van der Waals surface area contributed by atoms with Crippen molar-refractivity contribution < 1.29 is 14.3 Å². The van der Waals surface area contributed by atoms with Crippen LogP contribution < -0.4 is 11.1 Å². The monoisotopic (exact) mass is 277 g/mol. The number of carbonyl (C=O) groups excluding carboxylic acids is 2. The lowest BCUT2D eigenvalue weighted by Crippen LogP contribution is -2.41. The first kappa shape index (κ1) is 14.5. The Bertz CT molecular complexity index is 484. The van der Waals surface area contributed by atoms with Crippen LogP contribution in [0.3, 0.4) is 0 Å². The van der Waals surface area contributed by atoms with Crippen molar-refractivity contribution >= 4 is 17.5 Å². The number of hydrogen-bond donors (Lipinski definition) is 2. The van der Waals surface area contributed by atoms with Gasteiger partial charge >= 0.3 is 0 Å². The third kappa shape index (κ3) is 3.55. The minimum atomic E-state index is -0.185. The van der Waals surface area contributed by atoms with Gasteiger partial charge in [-0.05, 0) is 12.1 Å². The fourth-order valence-electron chi connectivity index (χ4n) is 2.06. The molecule has 0 bridgehead atoms. The van der Waals surface area contributed by atoms with E-state index in [4.69, 9.17) is 10.5 Å². The number of para-hydroxylation sites is 1. The van der Waals surface area contributed by atoms with Gasteiger partial charge in [0, 0.05) is 26.1 Å². The van der Waals surface area contributed by atoms with Gasteiger partial charge in [-0.1, -0.05) is 12.1 Å². The maximum atomic E-state index is 12.5. The number of nitrogens with two attached hydrogens (primary N) is 1. The molecule has 2 amide bonds. The quantitative estimate of drug-likeness (QED) is 0.836. The van der Waals surface area contributed by atoms with Crippen LogP contribution in [0.25, 0.3) is 0 Å². The number of rotatable bonds is 4. The van der Waals surface area contributed by atoms with E-state index in [0.717, 1.165) is 0 Å². The highest BCUT2D eigenvalue weighted by Gasteiger charge is 2.21. The third-order valence-corrected chi connectivity index (χ3v) is 3.10. The second-order valence-corrected chi connectivity index (χ2v) is 4.54. The standard InChI is InChI=1S/C14H19N3O3/c15-6-5-13(18)16-12-4-2-1-3-11(12)14(19)17-7-9-20-10-8-17/h1-4H,5-10,15H2,(H,16,18). The first-order valence-electron chi connectivity index (χ1n) is 6.68. The number of amides is 2. The fraction of sp³-hybridized carbons (Fsp3) is 0.429. The highest BCUT2D eigenvalue weighted by Crippen LogP contribution is 2.18. The van der Waals surface area contributed by atoms with E-state index < -0.39 is 0 Å². The molecule has 0 radical (unpaired) electrons. The van der Waals surface area contributed by atoms with Gasteiger partial charge in [0.1, 0.15) is 0 Å². The van der Waals surface area contributed by atoms with E-state index in [1.54, 1.807) is 29.2 Å². The Morgan fingerprint density at radius 3 is 2.65 bits per heavy atom. The minimum Gasteiger partial charge on any atom is -0.378 e. The number of anilines is 1. The Balaban J connectivity index is 2.14. The van der Waals surface area contributed by atoms with Gasteiger partial charge in [0.05, 0.1) is 24.5 Å². The Hall–Kier alpha value is -1.92. The van der Waals surface area contributed by atoms with Gasteiger partial charge < -0.3 is 20.7 Å². The summed E-state index contributed by atoms with van der Waals surface area (Å²) in [6.07, 6.45) is 0.236. The lowest BCUT2D eigenvalue weighted by molar-refractivity contribution is -0.116. The molecule has 0 spiro atoms. The average Bonchev–Trinajstić information content (AvgIpc) is 2.48. The summed E-state index contributed by atoms with van der Waals surface area (Å²) in [7, 11) is 0. The first-order chi connectivity index (χ1) is 9.72. The summed E-state index contributed by atoms with van der Waals surface area (Å²) in [5.74, 6) is -0.272. The van der Waals surface area contributed by atoms with Crippen LogP contribution in [-0.4, -0.2) is 49.6 Å². The molecule has 0 aliphatic carbocycles. The van der Waals surface area contributed by atoms with E-state index in [0.29, 0.717) is 37.6 Å². The van der Waals surface area contributed by atoms with E-state index in [1.165, 1.54) is 0 Å². The van der Waals surface area contributed by atoms with Crippen molar-refractivity contribution in [3.8, 4) is 0 Å². The average molecular weight is 277 g/mol. The van der Waals surface area contributed by atoms with Crippen molar-refractivity contribution in [3.63, 3.8) is 0 Å². The molecule has 6 nitrogen and oxygen atoms in total. The lowest BCUT2D eigenvalue weighted by atomic mass is 10.1. The van der Waals surface area contributed by atoms with Crippen LogP contribution >= 0.6 is 0 Å². The Morgan fingerprint density at radius 1 is 1.25 bits per heavy atom. The molecule has 3 N–H and O–H groups in total. The molecule has 1 aliphatic heterocycles. The van der Waals surface area contributed by atoms with E-state index in [9.17, 15) is 9.59 Å². The zero-order chi connectivity index (χ0) is 14.4. The van der Waals surface area contributed by atoms with Crippen LogP contribution in [0.1, 0.15) is 16.8 Å². The number of morpholine rings is 1. The predicted molar refractivity (Wildman–Crippen MR) is 75.5 cm³/mol. The summed E-state index contributed by atoms with van der Waals surface area (Å²) in [5.41, 5.74) is 6.38. The van der Waals surface area contributed by atoms with Crippen molar-refractivity contribution in [1.29, 1.82) is 0 Å². The van der Waals surface area contributed by atoms with Gasteiger partial charge in [0.2, 0.25) is 5.91 Å². The highest BCUT2D eigenvalue weighted by molar-refractivity contribution is 6.03. The molecule has 20 heavy (non-hydrogen) atoms.